The highest BCUT2D eigenvalue weighted by molar-refractivity contribution is 6.07. The third kappa shape index (κ3) is 3.54. The molecule has 0 fully saturated rings. The molecule has 0 aromatic heterocycles. The molecule has 2 amide bonds. The van der Waals surface area contributed by atoms with Crippen molar-refractivity contribution in [1.82, 2.24) is 5.32 Å². The fraction of sp³-hybridized carbons (Fsp3) is 0.167. The normalized spacial score (nSPS) is 12.5. The van der Waals surface area contributed by atoms with Gasteiger partial charge >= 0.3 is 0 Å². The molecule has 1 N–H and O–H groups in total. The van der Waals surface area contributed by atoms with Crippen LogP contribution in [0, 0.1) is 6.92 Å². The molecule has 0 radical (unpaired) electrons. The number of benzene rings is 3. The van der Waals surface area contributed by atoms with E-state index in [1.807, 2.05) is 78.6 Å². The quantitative estimate of drug-likeness (QED) is 0.751. The fourth-order valence-corrected chi connectivity index (χ4v) is 3.62. The monoisotopic (exact) mass is 370 g/mol. The number of hydrogen-bond acceptors (Lipinski definition) is 2. The van der Waals surface area contributed by atoms with Crippen LogP contribution in [-0.2, 0) is 13.0 Å². The lowest BCUT2D eigenvalue weighted by Gasteiger charge is -2.17. The van der Waals surface area contributed by atoms with E-state index in [4.69, 9.17) is 0 Å². The second-order valence-electron chi connectivity index (χ2n) is 7.03. The minimum absolute atomic E-state index is 0.0277. The molecule has 0 spiro atoms. The zero-order valence-electron chi connectivity index (χ0n) is 15.8. The SMILES string of the molecule is Cc1ccccc1C(=O)NCc1ccc2c(c1)CCN2C(=O)c1ccccc1. The van der Waals surface area contributed by atoms with E-state index in [2.05, 4.69) is 11.4 Å². The average molecular weight is 370 g/mol. The average Bonchev–Trinajstić information content (AvgIpc) is 3.15. The lowest BCUT2D eigenvalue weighted by molar-refractivity contribution is 0.0949. The van der Waals surface area contributed by atoms with Gasteiger partial charge in [-0.1, -0.05) is 48.5 Å². The molecule has 0 saturated carbocycles. The predicted molar refractivity (Wildman–Crippen MR) is 111 cm³/mol. The van der Waals surface area contributed by atoms with Crippen LogP contribution in [0.4, 0.5) is 5.69 Å². The summed E-state index contributed by atoms with van der Waals surface area (Å²) in [5.41, 5.74) is 5.50. The molecule has 1 aliphatic heterocycles. The van der Waals surface area contributed by atoms with Gasteiger partial charge in [-0.05, 0) is 54.3 Å². The lowest BCUT2D eigenvalue weighted by atomic mass is 10.1. The van der Waals surface area contributed by atoms with Gasteiger partial charge in [-0.25, -0.2) is 0 Å². The van der Waals surface area contributed by atoms with Crippen LogP contribution in [0.5, 0.6) is 0 Å². The van der Waals surface area contributed by atoms with Crippen molar-refractivity contribution in [3.8, 4) is 0 Å². The summed E-state index contributed by atoms with van der Waals surface area (Å²) in [5, 5.41) is 2.99. The van der Waals surface area contributed by atoms with Gasteiger partial charge in [0.1, 0.15) is 0 Å². The molecule has 0 atom stereocenters. The van der Waals surface area contributed by atoms with Crippen LogP contribution in [-0.4, -0.2) is 18.4 Å². The number of anilines is 1. The van der Waals surface area contributed by atoms with Crippen molar-refractivity contribution >= 4 is 17.5 Å². The first-order chi connectivity index (χ1) is 13.6. The summed E-state index contributed by atoms with van der Waals surface area (Å²) in [5.74, 6) is -0.0422. The maximum atomic E-state index is 12.8. The molecule has 4 nitrogen and oxygen atoms in total. The Morgan fingerprint density at radius 2 is 1.71 bits per heavy atom. The number of nitrogens with one attached hydrogen (secondary N) is 1. The lowest BCUT2D eigenvalue weighted by Crippen LogP contribution is -2.28. The van der Waals surface area contributed by atoms with Crippen molar-refractivity contribution in [1.29, 1.82) is 0 Å². The highest BCUT2D eigenvalue weighted by Gasteiger charge is 2.25. The van der Waals surface area contributed by atoms with Gasteiger partial charge in [0.2, 0.25) is 0 Å². The highest BCUT2D eigenvalue weighted by Crippen LogP contribution is 2.30. The summed E-state index contributed by atoms with van der Waals surface area (Å²) in [6.07, 6.45) is 0.827. The summed E-state index contributed by atoms with van der Waals surface area (Å²) in [4.78, 5) is 27.0. The smallest absolute Gasteiger partial charge is 0.258 e. The Morgan fingerprint density at radius 1 is 0.964 bits per heavy atom. The third-order valence-corrected chi connectivity index (χ3v) is 5.15. The van der Waals surface area contributed by atoms with E-state index >= 15 is 0 Å². The molecule has 3 aromatic carbocycles. The van der Waals surface area contributed by atoms with Gasteiger partial charge in [0, 0.05) is 29.9 Å². The van der Waals surface area contributed by atoms with Gasteiger partial charge in [-0.3, -0.25) is 9.59 Å². The summed E-state index contributed by atoms with van der Waals surface area (Å²) >= 11 is 0. The molecule has 1 aliphatic rings. The Balaban J connectivity index is 1.46. The Labute approximate surface area is 164 Å². The Hall–Kier alpha value is -3.40. The summed E-state index contributed by atoms with van der Waals surface area (Å²) in [6, 6.07) is 23.0. The zero-order chi connectivity index (χ0) is 19.5. The molecule has 3 aromatic rings. The topological polar surface area (TPSA) is 49.4 Å². The van der Waals surface area contributed by atoms with Gasteiger partial charge in [0.15, 0.2) is 0 Å². The van der Waals surface area contributed by atoms with Crippen LogP contribution in [0.1, 0.15) is 37.4 Å². The van der Waals surface area contributed by atoms with E-state index < -0.39 is 0 Å². The van der Waals surface area contributed by atoms with Crippen LogP contribution in [0.25, 0.3) is 0 Å². The molecule has 0 bridgehead atoms. The van der Waals surface area contributed by atoms with E-state index in [-0.39, 0.29) is 11.8 Å². The number of hydrogen-bond donors (Lipinski definition) is 1. The fourth-order valence-electron chi connectivity index (χ4n) is 3.62. The molecule has 0 aliphatic carbocycles. The van der Waals surface area contributed by atoms with Crippen LogP contribution >= 0.6 is 0 Å². The van der Waals surface area contributed by atoms with Crippen molar-refractivity contribution in [3.63, 3.8) is 0 Å². The Bertz CT molecular complexity index is 1030. The number of carbonyl (C=O) groups is 2. The number of carbonyl (C=O) groups excluding carboxylic acids is 2. The number of aryl methyl sites for hydroxylation is 1. The van der Waals surface area contributed by atoms with Crippen molar-refractivity contribution in [2.75, 3.05) is 11.4 Å². The standard InChI is InChI=1S/C24H22N2O2/c1-17-7-5-6-10-21(17)23(27)25-16-18-11-12-22-20(15-18)13-14-26(22)24(28)19-8-3-2-4-9-19/h2-12,15H,13-14,16H2,1H3,(H,25,27). The van der Waals surface area contributed by atoms with Crippen LogP contribution in [0.15, 0.2) is 72.8 Å². The second-order valence-corrected chi connectivity index (χ2v) is 7.03. The molecule has 4 rings (SSSR count). The first-order valence-electron chi connectivity index (χ1n) is 9.46. The Morgan fingerprint density at radius 3 is 2.50 bits per heavy atom. The van der Waals surface area contributed by atoms with Crippen molar-refractivity contribution in [2.45, 2.75) is 19.9 Å². The number of nitrogens with zero attached hydrogens (tertiary/aromatic N) is 1. The molecule has 140 valence electrons. The minimum Gasteiger partial charge on any atom is -0.348 e. The van der Waals surface area contributed by atoms with E-state index in [1.54, 1.807) is 0 Å². The zero-order valence-corrected chi connectivity index (χ0v) is 15.8. The van der Waals surface area contributed by atoms with Gasteiger partial charge in [0.05, 0.1) is 0 Å². The van der Waals surface area contributed by atoms with Crippen molar-refractivity contribution < 1.29 is 9.59 Å². The minimum atomic E-state index is -0.0699. The molecule has 4 heteroatoms. The Kier molecular flexibility index (Phi) is 4.94. The molecular weight excluding hydrogens is 348 g/mol. The molecule has 28 heavy (non-hydrogen) atoms. The summed E-state index contributed by atoms with van der Waals surface area (Å²) in [6.45, 7) is 3.08. The summed E-state index contributed by atoms with van der Waals surface area (Å²) < 4.78 is 0. The van der Waals surface area contributed by atoms with Crippen LogP contribution in [0.3, 0.4) is 0 Å². The highest BCUT2D eigenvalue weighted by atomic mass is 16.2. The molecule has 0 unspecified atom stereocenters. The van der Waals surface area contributed by atoms with Gasteiger partial charge in [0.25, 0.3) is 11.8 Å². The van der Waals surface area contributed by atoms with Crippen molar-refractivity contribution in [2.24, 2.45) is 0 Å². The first-order valence-corrected chi connectivity index (χ1v) is 9.46. The second kappa shape index (κ2) is 7.69. The first kappa shape index (κ1) is 18.0. The number of rotatable bonds is 4. The van der Waals surface area contributed by atoms with Gasteiger partial charge < -0.3 is 10.2 Å². The van der Waals surface area contributed by atoms with E-state index in [0.29, 0.717) is 24.2 Å². The largest absolute Gasteiger partial charge is 0.348 e. The predicted octanol–water partition coefficient (Wildman–Crippen LogP) is 4.13. The molecule has 0 saturated heterocycles. The summed E-state index contributed by atoms with van der Waals surface area (Å²) in [7, 11) is 0. The third-order valence-electron chi connectivity index (χ3n) is 5.15. The maximum Gasteiger partial charge on any atom is 0.258 e. The number of amides is 2. The van der Waals surface area contributed by atoms with Crippen LogP contribution in [0.2, 0.25) is 0 Å². The maximum absolute atomic E-state index is 12.8. The molecular formula is C24H22N2O2. The van der Waals surface area contributed by atoms with E-state index in [1.165, 1.54) is 0 Å². The van der Waals surface area contributed by atoms with Crippen molar-refractivity contribution in [3.05, 3.63) is 101 Å². The number of fused-ring (bicyclic) bond motifs is 1. The van der Waals surface area contributed by atoms with E-state index in [0.717, 1.165) is 28.8 Å². The van der Waals surface area contributed by atoms with Gasteiger partial charge in [-0.15, -0.1) is 0 Å². The van der Waals surface area contributed by atoms with E-state index in [9.17, 15) is 9.59 Å². The van der Waals surface area contributed by atoms with Crippen LogP contribution < -0.4 is 10.2 Å². The van der Waals surface area contributed by atoms with Gasteiger partial charge in [-0.2, -0.15) is 0 Å². The molecule has 1 heterocycles.